The summed E-state index contributed by atoms with van der Waals surface area (Å²) in [5.41, 5.74) is 1.11. The standard InChI is InChI=1S/C16H25FN2O/c1-11-9-18-15(16(2,3)4)10-19(11)12-6-7-14(20-5)13(17)8-12/h6-8,11,15,18H,9-10H2,1-5H3. The molecule has 2 atom stereocenters. The summed E-state index contributed by atoms with van der Waals surface area (Å²) in [7, 11) is 1.49. The quantitative estimate of drug-likeness (QED) is 0.901. The molecular weight excluding hydrogens is 255 g/mol. The first-order valence-corrected chi connectivity index (χ1v) is 7.16. The molecule has 1 aromatic rings. The molecule has 1 saturated heterocycles. The summed E-state index contributed by atoms with van der Waals surface area (Å²) in [5.74, 6) is -0.00745. The van der Waals surface area contributed by atoms with E-state index < -0.39 is 0 Å². The molecule has 2 unspecified atom stereocenters. The second-order valence-corrected chi connectivity index (χ2v) is 6.65. The average molecular weight is 280 g/mol. The van der Waals surface area contributed by atoms with Crippen molar-refractivity contribution in [2.75, 3.05) is 25.1 Å². The van der Waals surface area contributed by atoms with E-state index in [9.17, 15) is 4.39 Å². The van der Waals surface area contributed by atoms with E-state index in [0.717, 1.165) is 18.8 Å². The summed E-state index contributed by atoms with van der Waals surface area (Å²) < 4.78 is 18.9. The zero-order valence-corrected chi connectivity index (χ0v) is 13.0. The van der Waals surface area contributed by atoms with Gasteiger partial charge in [0, 0.05) is 36.9 Å². The maximum atomic E-state index is 13.9. The molecule has 4 heteroatoms. The van der Waals surface area contributed by atoms with Crippen LogP contribution in [-0.2, 0) is 0 Å². The predicted octanol–water partition coefficient (Wildman–Crippen LogP) is 3.05. The van der Waals surface area contributed by atoms with Gasteiger partial charge in [-0.05, 0) is 24.5 Å². The number of benzene rings is 1. The lowest BCUT2D eigenvalue weighted by Crippen LogP contribution is -2.59. The first kappa shape index (κ1) is 15.1. The lowest BCUT2D eigenvalue weighted by molar-refractivity contribution is 0.239. The van der Waals surface area contributed by atoms with Crippen molar-refractivity contribution < 1.29 is 9.13 Å². The number of methoxy groups -OCH3 is 1. The van der Waals surface area contributed by atoms with Crippen LogP contribution in [0.15, 0.2) is 18.2 Å². The van der Waals surface area contributed by atoms with Crippen molar-refractivity contribution in [2.24, 2.45) is 5.41 Å². The largest absolute Gasteiger partial charge is 0.494 e. The van der Waals surface area contributed by atoms with Gasteiger partial charge in [-0.25, -0.2) is 4.39 Å². The Balaban J connectivity index is 2.23. The Hall–Kier alpha value is -1.29. The molecule has 0 saturated carbocycles. The van der Waals surface area contributed by atoms with Crippen LogP contribution in [0, 0.1) is 11.2 Å². The van der Waals surface area contributed by atoms with Crippen LogP contribution in [-0.4, -0.2) is 32.3 Å². The number of ether oxygens (including phenoxy) is 1. The van der Waals surface area contributed by atoms with Gasteiger partial charge in [0.05, 0.1) is 7.11 Å². The van der Waals surface area contributed by atoms with Crippen molar-refractivity contribution in [3.8, 4) is 5.75 Å². The van der Waals surface area contributed by atoms with Gasteiger partial charge < -0.3 is 15.0 Å². The molecule has 1 aliphatic heterocycles. The minimum absolute atomic E-state index is 0.184. The first-order valence-electron chi connectivity index (χ1n) is 7.16. The van der Waals surface area contributed by atoms with Gasteiger partial charge in [0.2, 0.25) is 0 Å². The Kier molecular flexibility index (Phi) is 4.23. The third-order valence-electron chi connectivity index (χ3n) is 4.08. The molecule has 0 aliphatic carbocycles. The fourth-order valence-corrected chi connectivity index (χ4v) is 2.64. The molecule has 2 rings (SSSR count). The number of rotatable bonds is 2. The lowest BCUT2D eigenvalue weighted by atomic mass is 9.84. The third-order valence-corrected chi connectivity index (χ3v) is 4.08. The summed E-state index contributed by atoms with van der Waals surface area (Å²) >= 11 is 0. The minimum atomic E-state index is -0.303. The molecule has 1 N–H and O–H groups in total. The topological polar surface area (TPSA) is 24.5 Å². The Bertz CT molecular complexity index is 470. The van der Waals surface area contributed by atoms with Gasteiger partial charge in [0.1, 0.15) is 0 Å². The number of hydrogen-bond acceptors (Lipinski definition) is 3. The Morgan fingerprint density at radius 2 is 2.05 bits per heavy atom. The predicted molar refractivity (Wildman–Crippen MR) is 81.0 cm³/mol. The summed E-state index contributed by atoms with van der Waals surface area (Å²) in [4.78, 5) is 2.27. The average Bonchev–Trinajstić information content (AvgIpc) is 2.37. The van der Waals surface area contributed by atoms with Crippen LogP contribution in [0.25, 0.3) is 0 Å². The number of piperazine rings is 1. The second-order valence-electron chi connectivity index (χ2n) is 6.65. The Morgan fingerprint density at radius 3 is 2.60 bits per heavy atom. The third kappa shape index (κ3) is 3.06. The zero-order valence-electron chi connectivity index (χ0n) is 13.0. The summed E-state index contributed by atoms with van der Waals surface area (Å²) in [6.45, 7) is 10.6. The van der Waals surface area contributed by atoms with E-state index in [2.05, 4.69) is 37.9 Å². The van der Waals surface area contributed by atoms with Crippen LogP contribution in [0.4, 0.5) is 10.1 Å². The van der Waals surface area contributed by atoms with Crippen molar-refractivity contribution in [1.29, 1.82) is 0 Å². The highest BCUT2D eigenvalue weighted by molar-refractivity contribution is 5.51. The molecule has 3 nitrogen and oxygen atoms in total. The summed E-state index contributed by atoms with van der Waals surface area (Å²) in [5, 5.41) is 3.59. The monoisotopic (exact) mass is 280 g/mol. The van der Waals surface area contributed by atoms with E-state index in [0.29, 0.717) is 17.8 Å². The van der Waals surface area contributed by atoms with Crippen LogP contribution in [0.3, 0.4) is 0 Å². The molecule has 1 heterocycles. The molecule has 0 aromatic heterocycles. The van der Waals surface area contributed by atoms with Crippen molar-refractivity contribution in [2.45, 2.75) is 39.8 Å². The van der Waals surface area contributed by atoms with E-state index in [-0.39, 0.29) is 11.2 Å². The van der Waals surface area contributed by atoms with E-state index >= 15 is 0 Å². The minimum Gasteiger partial charge on any atom is -0.494 e. The van der Waals surface area contributed by atoms with E-state index in [1.54, 1.807) is 12.1 Å². The highest BCUT2D eigenvalue weighted by Crippen LogP contribution is 2.29. The smallest absolute Gasteiger partial charge is 0.167 e. The molecule has 0 radical (unpaired) electrons. The highest BCUT2D eigenvalue weighted by atomic mass is 19.1. The normalized spacial score (nSPS) is 23.8. The lowest BCUT2D eigenvalue weighted by Gasteiger charge is -2.45. The summed E-state index contributed by atoms with van der Waals surface area (Å²) in [6, 6.07) is 5.94. The van der Waals surface area contributed by atoms with Crippen LogP contribution >= 0.6 is 0 Å². The molecule has 112 valence electrons. The van der Waals surface area contributed by atoms with Crippen molar-refractivity contribution in [3.05, 3.63) is 24.0 Å². The van der Waals surface area contributed by atoms with Crippen molar-refractivity contribution in [1.82, 2.24) is 5.32 Å². The van der Waals surface area contributed by atoms with Gasteiger partial charge in [-0.15, -0.1) is 0 Å². The van der Waals surface area contributed by atoms with Gasteiger partial charge in [0.15, 0.2) is 11.6 Å². The molecule has 1 aromatic carbocycles. The fraction of sp³-hybridized carbons (Fsp3) is 0.625. The number of hydrogen-bond donors (Lipinski definition) is 1. The zero-order chi connectivity index (χ0) is 14.9. The molecule has 0 amide bonds. The van der Waals surface area contributed by atoms with Gasteiger partial charge in [-0.2, -0.15) is 0 Å². The van der Waals surface area contributed by atoms with Crippen LogP contribution < -0.4 is 15.0 Å². The number of nitrogens with one attached hydrogen (secondary N) is 1. The molecule has 0 spiro atoms. The number of halogens is 1. The molecular formula is C16H25FN2O. The van der Waals surface area contributed by atoms with E-state index in [1.807, 2.05) is 6.07 Å². The summed E-state index contributed by atoms with van der Waals surface area (Å²) in [6.07, 6.45) is 0. The molecule has 1 aliphatic rings. The van der Waals surface area contributed by atoms with Crippen LogP contribution in [0.5, 0.6) is 5.75 Å². The Morgan fingerprint density at radius 1 is 1.35 bits per heavy atom. The maximum absolute atomic E-state index is 13.9. The van der Waals surface area contributed by atoms with Gasteiger partial charge in [-0.3, -0.25) is 0 Å². The molecule has 20 heavy (non-hydrogen) atoms. The highest BCUT2D eigenvalue weighted by Gasteiger charge is 2.32. The Labute approximate surface area is 121 Å². The fourth-order valence-electron chi connectivity index (χ4n) is 2.64. The van der Waals surface area contributed by atoms with Crippen LogP contribution in [0.2, 0.25) is 0 Å². The van der Waals surface area contributed by atoms with E-state index in [4.69, 9.17) is 4.74 Å². The van der Waals surface area contributed by atoms with Crippen molar-refractivity contribution >= 4 is 5.69 Å². The number of anilines is 1. The number of nitrogens with zero attached hydrogens (tertiary/aromatic N) is 1. The van der Waals surface area contributed by atoms with Crippen molar-refractivity contribution in [3.63, 3.8) is 0 Å². The van der Waals surface area contributed by atoms with Crippen LogP contribution in [0.1, 0.15) is 27.7 Å². The molecule has 1 fully saturated rings. The van der Waals surface area contributed by atoms with Gasteiger partial charge >= 0.3 is 0 Å². The molecule has 0 bridgehead atoms. The first-order chi connectivity index (χ1) is 9.32. The van der Waals surface area contributed by atoms with E-state index in [1.165, 1.54) is 7.11 Å². The SMILES string of the molecule is COc1ccc(N2CC(C(C)(C)C)NCC2C)cc1F. The maximum Gasteiger partial charge on any atom is 0.167 e. The second kappa shape index (κ2) is 5.60. The van der Waals surface area contributed by atoms with Gasteiger partial charge in [0.25, 0.3) is 0 Å². The van der Waals surface area contributed by atoms with Gasteiger partial charge in [-0.1, -0.05) is 20.8 Å².